The number of carbonyl (C=O) groups is 2. The summed E-state index contributed by atoms with van der Waals surface area (Å²) in [5.41, 5.74) is 0. The summed E-state index contributed by atoms with van der Waals surface area (Å²) in [5, 5.41) is 19.3. The largest absolute Gasteiger partial charge is 0.480 e. The van der Waals surface area contributed by atoms with Crippen LogP contribution >= 0.6 is 0 Å². The fourth-order valence-corrected chi connectivity index (χ4v) is 1.48. The number of furan rings is 1. The van der Waals surface area contributed by atoms with E-state index in [1.165, 1.54) is 0 Å². The molecule has 0 spiro atoms. The molecule has 1 unspecified atom stereocenters. The Morgan fingerprint density at radius 3 is 2.58 bits per heavy atom. The number of carbonyl (C=O) groups excluding carboxylic acids is 1. The molecule has 1 heterocycles. The van der Waals surface area contributed by atoms with Gasteiger partial charge in [0.1, 0.15) is 11.5 Å². The van der Waals surface area contributed by atoms with E-state index < -0.39 is 29.2 Å². The number of hydrogen-bond acceptors (Lipinski definition) is 5. The lowest BCUT2D eigenvalue weighted by atomic mass is 10.2. The Morgan fingerprint density at radius 1 is 1.53 bits per heavy atom. The van der Waals surface area contributed by atoms with Crippen LogP contribution in [-0.4, -0.2) is 39.4 Å². The van der Waals surface area contributed by atoms with Gasteiger partial charge in [0.15, 0.2) is 5.76 Å². The van der Waals surface area contributed by atoms with Gasteiger partial charge >= 0.3 is 11.9 Å². The topological polar surface area (TPSA) is 114 Å². The molecule has 0 bridgehead atoms. The van der Waals surface area contributed by atoms with E-state index in [0.29, 0.717) is 6.42 Å². The molecule has 19 heavy (non-hydrogen) atoms. The van der Waals surface area contributed by atoms with E-state index in [2.05, 4.69) is 0 Å². The van der Waals surface area contributed by atoms with Crippen molar-refractivity contribution in [1.29, 1.82) is 0 Å². The first kappa shape index (κ1) is 14.7. The predicted molar refractivity (Wildman–Crippen MR) is 63.8 cm³/mol. The van der Waals surface area contributed by atoms with Crippen molar-refractivity contribution in [2.75, 3.05) is 6.54 Å². The minimum atomic E-state index is -1.16. The predicted octanol–water partition coefficient (Wildman–Crippen LogP) is 1.51. The van der Waals surface area contributed by atoms with Crippen LogP contribution in [0.1, 0.15) is 30.8 Å². The quantitative estimate of drug-likeness (QED) is 0.619. The van der Waals surface area contributed by atoms with Crippen LogP contribution in [0.15, 0.2) is 16.5 Å². The number of nitrogens with zero attached hydrogens (tertiary/aromatic N) is 2. The highest BCUT2D eigenvalue weighted by atomic mass is 16.6. The maximum atomic E-state index is 12.1. The summed E-state index contributed by atoms with van der Waals surface area (Å²) < 4.78 is 4.78. The van der Waals surface area contributed by atoms with Gasteiger partial charge in [-0.3, -0.25) is 19.7 Å². The number of carboxylic acid groups (broad SMARTS) is 1. The van der Waals surface area contributed by atoms with E-state index >= 15 is 0 Å². The van der Waals surface area contributed by atoms with Crippen molar-refractivity contribution >= 4 is 17.8 Å². The van der Waals surface area contributed by atoms with Gasteiger partial charge < -0.3 is 14.4 Å². The Balaban J connectivity index is 2.97. The van der Waals surface area contributed by atoms with Crippen molar-refractivity contribution < 1.29 is 24.0 Å². The molecule has 0 fully saturated rings. The molecule has 0 saturated carbocycles. The standard InChI is InChI=1S/C11H14N2O6/c1-3-7(2)12(6-10(14)15)11(16)8-4-5-9(19-8)13(17)18/h4-5,7H,3,6H2,1-2H3,(H,14,15). The Bertz CT molecular complexity index is 495. The molecule has 1 aromatic rings. The first-order chi connectivity index (χ1) is 8.86. The third-order valence-electron chi connectivity index (χ3n) is 2.67. The number of aliphatic carboxylic acids is 1. The molecule has 0 saturated heterocycles. The average molecular weight is 270 g/mol. The molecule has 0 aliphatic heterocycles. The Hall–Kier alpha value is -2.38. The molecule has 1 aromatic heterocycles. The third-order valence-corrected chi connectivity index (χ3v) is 2.67. The van der Waals surface area contributed by atoms with Crippen molar-refractivity contribution in [2.24, 2.45) is 0 Å². The van der Waals surface area contributed by atoms with Crippen LogP contribution in [0.5, 0.6) is 0 Å². The molecule has 1 amide bonds. The molecule has 8 heteroatoms. The molecule has 0 radical (unpaired) electrons. The highest BCUT2D eigenvalue weighted by molar-refractivity contribution is 5.93. The zero-order valence-corrected chi connectivity index (χ0v) is 10.5. The Morgan fingerprint density at radius 2 is 2.16 bits per heavy atom. The number of carboxylic acids is 1. The van der Waals surface area contributed by atoms with Crippen molar-refractivity contribution in [2.45, 2.75) is 26.3 Å². The number of rotatable bonds is 6. The molecular weight excluding hydrogens is 256 g/mol. The minimum Gasteiger partial charge on any atom is -0.480 e. The summed E-state index contributed by atoms with van der Waals surface area (Å²) in [6.45, 7) is 3.01. The first-order valence-corrected chi connectivity index (χ1v) is 5.63. The van der Waals surface area contributed by atoms with E-state index in [-0.39, 0.29) is 11.8 Å². The van der Waals surface area contributed by atoms with Gasteiger partial charge in [0.05, 0.1) is 6.07 Å². The SMILES string of the molecule is CCC(C)N(CC(=O)O)C(=O)c1ccc([N+](=O)[O-])o1. The average Bonchev–Trinajstić information content (AvgIpc) is 2.83. The van der Waals surface area contributed by atoms with Crippen LogP contribution in [0.2, 0.25) is 0 Å². The Kier molecular flexibility index (Phi) is 4.62. The van der Waals surface area contributed by atoms with Crippen LogP contribution in [-0.2, 0) is 4.79 Å². The fourth-order valence-electron chi connectivity index (χ4n) is 1.48. The second-order valence-electron chi connectivity index (χ2n) is 3.98. The lowest BCUT2D eigenvalue weighted by Crippen LogP contribution is -2.41. The van der Waals surface area contributed by atoms with Crippen molar-refractivity contribution in [1.82, 2.24) is 4.90 Å². The highest BCUT2D eigenvalue weighted by Gasteiger charge is 2.26. The van der Waals surface area contributed by atoms with Crippen LogP contribution in [0.3, 0.4) is 0 Å². The Labute approximate surface area is 108 Å². The van der Waals surface area contributed by atoms with Gasteiger partial charge in [-0.05, 0) is 19.4 Å². The minimum absolute atomic E-state index is 0.242. The van der Waals surface area contributed by atoms with Gasteiger partial charge in [0.25, 0.3) is 5.91 Å². The monoisotopic (exact) mass is 270 g/mol. The van der Waals surface area contributed by atoms with Crippen LogP contribution < -0.4 is 0 Å². The van der Waals surface area contributed by atoms with Crippen LogP contribution in [0.25, 0.3) is 0 Å². The van der Waals surface area contributed by atoms with Gasteiger partial charge in [-0.1, -0.05) is 6.92 Å². The van der Waals surface area contributed by atoms with Gasteiger partial charge in [-0.2, -0.15) is 0 Å². The highest BCUT2D eigenvalue weighted by Crippen LogP contribution is 2.18. The van der Waals surface area contributed by atoms with Crippen LogP contribution in [0, 0.1) is 10.1 Å². The molecule has 1 rings (SSSR count). The van der Waals surface area contributed by atoms with E-state index in [4.69, 9.17) is 9.52 Å². The fraction of sp³-hybridized carbons (Fsp3) is 0.455. The lowest BCUT2D eigenvalue weighted by Gasteiger charge is -2.25. The molecule has 0 aromatic carbocycles. The maximum Gasteiger partial charge on any atom is 0.433 e. The second-order valence-corrected chi connectivity index (χ2v) is 3.98. The maximum absolute atomic E-state index is 12.1. The van der Waals surface area contributed by atoms with Gasteiger partial charge in [-0.15, -0.1) is 0 Å². The van der Waals surface area contributed by atoms with Crippen LogP contribution in [0.4, 0.5) is 5.88 Å². The molecule has 0 aliphatic carbocycles. The van der Waals surface area contributed by atoms with Gasteiger partial charge in [0.2, 0.25) is 0 Å². The third kappa shape index (κ3) is 3.54. The van der Waals surface area contributed by atoms with Gasteiger partial charge in [0, 0.05) is 6.04 Å². The zero-order valence-electron chi connectivity index (χ0n) is 10.5. The molecular formula is C11H14N2O6. The summed E-state index contributed by atoms with van der Waals surface area (Å²) in [7, 11) is 0. The van der Waals surface area contributed by atoms with Gasteiger partial charge in [-0.25, -0.2) is 0 Å². The molecule has 8 nitrogen and oxygen atoms in total. The summed E-state index contributed by atoms with van der Waals surface area (Å²) in [6, 6.07) is 1.91. The zero-order chi connectivity index (χ0) is 14.6. The normalized spacial score (nSPS) is 11.9. The van der Waals surface area contributed by atoms with Crippen molar-refractivity contribution in [3.63, 3.8) is 0 Å². The number of hydrogen-bond donors (Lipinski definition) is 1. The molecule has 0 aliphatic rings. The van der Waals surface area contributed by atoms with E-state index in [1.54, 1.807) is 13.8 Å². The van der Waals surface area contributed by atoms with Crippen molar-refractivity contribution in [3.05, 3.63) is 28.0 Å². The summed E-state index contributed by atoms with van der Waals surface area (Å²) in [6.07, 6.45) is 0.557. The molecule has 1 atom stereocenters. The second kappa shape index (κ2) is 5.98. The first-order valence-electron chi connectivity index (χ1n) is 5.63. The molecule has 104 valence electrons. The van der Waals surface area contributed by atoms with E-state index in [9.17, 15) is 19.7 Å². The summed E-state index contributed by atoms with van der Waals surface area (Å²) in [4.78, 5) is 33.6. The van der Waals surface area contributed by atoms with Crippen molar-refractivity contribution in [3.8, 4) is 0 Å². The smallest absolute Gasteiger partial charge is 0.433 e. The van der Waals surface area contributed by atoms with E-state index in [0.717, 1.165) is 17.0 Å². The molecule has 1 N–H and O–H groups in total. The summed E-state index contributed by atoms with van der Waals surface area (Å²) >= 11 is 0. The summed E-state index contributed by atoms with van der Waals surface area (Å²) in [5.74, 6) is -2.63. The lowest BCUT2D eigenvalue weighted by molar-refractivity contribution is -0.402. The van der Waals surface area contributed by atoms with E-state index in [1.807, 2.05) is 0 Å². The number of nitro groups is 1. The number of amides is 1.